The van der Waals surface area contributed by atoms with Crippen LogP contribution in [0.4, 0.5) is 5.69 Å². The maximum atomic E-state index is 12.6. The fourth-order valence-corrected chi connectivity index (χ4v) is 3.59. The van der Waals surface area contributed by atoms with Gasteiger partial charge in [-0.3, -0.25) is 0 Å². The lowest BCUT2D eigenvalue weighted by molar-refractivity contribution is 0.392. The maximum Gasteiger partial charge on any atom is 0.246 e. The molecule has 1 aromatic carbocycles. The summed E-state index contributed by atoms with van der Waals surface area (Å²) in [6.45, 7) is 6.48. The predicted molar refractivity (Wildman–Crippen MR) is 76.9 cm³/mol. The Morgan fingerprint density at radius 3 is 2.42 bits per heavy atom. The Balaban J connectivity index is 3.38. The van der Waals surface area contributed by atoms with E-state index in [0.29, 0.717) is 24.5 Å². The third-order valence-corrected chi connectivity index (χ3v) is 4.99. The number of ether oxygens (including phenoxy) is 1. The van der Waals surface area contributed by atoms with Crippen molar-refractivity contribution in [3.05, 3.63) is 17.7 Å². The first kappa shape index (κ1) is 15.8. The van der Waals surface area contributed by atoms with Crippen molar-refractivity contribution in [2.24, 2.45) is 0 Å². The number of nitrogen functional groups attached to an aromatic ring is 1. The number of sulfonamides is 1. The van der Waals surface area contributed by atoms with Crippen LogP contribution in [0, 0.1) is 6.92 Å². The third-order valence-electron chi connectivity index (χ3n) is 3.00. The monoisotopic (exact) mass is 286 g/mol. The van der Waals surface area contributed by atoms with Crippen LogP contribution >= 0.6 is 0 Å². The molecule has 1 aromatic rings. The van der Waals surface area contributed by atoms with Crippen LogP contribution in [0.5, 0.6) is 5.75 Å². The van der Waals surface area contributed by atoms with Crippen LogP contribution in [-0.2, 0) is 10.0 Å². The van der Waals surface area contributed by atoms with E-state index in [4.69, 9.17) is 10.5 Å². The lowest BCUT2D eigenvalue weighted by atomic mass is 10.2. The molecule has 0 saturated carbocycles. The number of nitrogens with two attached hydrogens (primary N) is 1. The summed E-state index contributed by atoms with van der Waals surface area (Å²) in [6, 6.07) is 3.13. The van der Waals surface area contributed by atoms with Gasteiger partial charge in [0.15, 0.2) is 0 Å². The van der Waals surface area contributed by atoms with Crippen LogP contribution < -0.4 is 10.5 Å². The second kappa shape index (κ2) is 6.25. The highest BCUT2D eigenvalue weighted by molar-refractivity contribution is 7.89. The first-order valence-electron chi connectivity index (χ1n) is 6.32. The molecule has 19 heavy (non-hydrogen) atoms. The number of rotatable bonds is 6. The molecule has 0 spiro atoms. The normalized spacial score (nSPS) is 11.8. The van der Waals surface area contributed by atoms with Crippen LogP contribution in [0.3, 0.4) is 0 Å². The SMILES string of the molecule is CCCN(CC)S(=O)(=O)c1cc(N)c(C)cc1OC. The summed E-state index contributed by atoms with van der Waals surface area (Å²) < 4.78 is 31.8. The summed E-state index contributed by atoms with van der Waals surface area (Å²) in [5, 5.41) is 0. The molecule has 5 nitrogen and oxygen atoms in total. The minimum Gasteiger partial charge on any atom is -0.495 e. The van der Waals surface area contributed by atoms with Crippen molar-refractivity contribution in [3.63, 3.8) is 0 Å². The van der Waals surface area contributed by atoms with E-state index in [9.17, 15) is 8.42 Å². The van der Waals surface area contributed by atoms with Crippen LogP contribution in [-0.4, -0.2) is 32.9 Å². The minimum atomic E-state index is -3.57. The fraction of sp³-hybridized carbons (Fsp3) is 0.538. The average Bonchev–Trinajstić information content (AvgIpc) is 2.38. The van der Waals surface area contributed by atoms with Gasteiger partial charge in [-0.05, 0) is 31.0 Å². The van der Waals surface area contributed by atoms with Crippen molar-refractivity contribution in [2.75, 3.05) is 25.9 Å². The van der Waals surface area contributed by atoms with Crippen LogP contribution in [0.1, 0.15) is 25.8 Å². The topological polar surface area (TPSA) is 72.6 Å². The number of methoxy groups -OCH3 is 1. The van der Waals surface area contributed by atoms with Gasteiger partial charge >= 0.3 is 0 Å². The molecule has 0 aromatic heterocycles. The number of anilines is 1. The maximum absolute atomic E-state index is 12.6. The molecule has 0 heterocycles. The zero-order chi connectivity index (χ0) is 14.6. The molecule has 0 atom stereocenters. The smallest absolute Gasteiger partial charge is 0.246 e. The van der Waals surface area contributed by atoms with Crippen molar-refractivity contribution in [1.82, 2.24) is 4.31 Å². The minimum absolute atomic E-state index is 0.133. The van der Waals surface area contributed by atoms with Crippen LogP contribution in [0.25, 0.3) is 0 Å². The second-order valence-electron chi connectivity index (χ2n) is 4.36. The Morgan fingerprint density at radius 2 is 1.95 bits per heavy atom. The highest BCUT2D eigenvalue weighted by Crippen LogP contribution is 2.31. The Bertz CT molecular complexity index is 541. The first-order valence-corrected chi connectivity index (χ1v) is 7.76. The summed E-state index contributed by atoms with van der Waals surface area (Å²) in [5.41, 5.74) is 7.07. The molecule has 0 aliphatic carbocycles. The molecule has 0 unspecified atom stereocenters. The zero-order valence-corrected chi connectivity index (χ0v) is 12.8. The molecule has 0 fully saturated rings. The molecule has 0 amide bonds. The number of hydrogen-bond donors (Lipinski definition) is 1. The third kappa shape index (κ3) is 3.19. The van der Waals surface area contributed by atoms with Crippen molar-refractivity contribution in [3.8, 4) is 5.75 Å². The largest absolute Gasteiger partial charge is 0.495 e. The van der Waals surface area contributed by atoms with E-state index in [1.165, 1.54) is 17.5 Å². The Kier molecular flexibility index (Phi) is 5.20. The van der Waals surface area contributed by atoms with Crippen molar-refractivity contribution in [2.45, 2.75) is 32.1 Å². The fourth-order valence-electron chi connectivity index (χ4n) is 1.88. The van der Waals surface area contributed by atoms with E-state index in [-0.39, 0.29) is 4.90 Å². The molecule has 0 bridgehead atoms. The van der Waals surface area contributed by atoms with E-state index >= 15 is 0 Å². The van der Waals surface area contributed by atoms with Gasteiger partial charge in [0.1, 0.15) is 10.6 Å². The summed E-state index contributed by atoms with van der Waals surface area (Å²) in [4.78, 5) is 0.133. The number of benzene rings is 1. The van der Waals surface area contributed by atoms with Crippen molar-refractivity contribution < 1.29 is 13.2 Å². The van der Waals surface area contributed by atoms with Crippen molar-refractivity contribution >= 4 is 15.7 Å². The number of hydrogen-bond acceptors (Lipinski definition) is 4. The van der Waals surface area contributed by atoms with E-state index in [2.05, 4.69) is 0 Å². The van der Waals surface area contributed by atoms with E-state index < -0.39 is 10.0 Å². The van der Waals surface area contributed by atoms with E-state index in [0.717, 1.165) is 12.0 Å². The molecule has 1 rings (SSSR count). The van der Waals surface area contributed by atoms with Crippen molar-refractivity contribution in [1.29, 1.82) is 0 Å². The quantitative estimate of drug-likeness (QED) is 0.812. The lowest BCUT2D eigenvalue weighted by Gasteiger charge is -2.21. The molecule has 108 valence electrons. The van der Waals surface area contributed by atoms with E-state index in [1.54, 1.807) is 6.07 Å². The molecule has 2 N–H and O–H groups in total. The second-order valence-corrected chi connectivity index (χ2v) is 6.26. The summed E-state index contributed by atoms with van der Waals surface area (Å²) in [5.74, 6) is 0.334. The summed E-state index contributed by atoms with van der Waals surface area (Å²) in [6.07, 6.45) is 0.761. The molecule has 0 radical (unpaired) electrons. The van der Waals surface area contributed by atoms with Gasteiger partial charge in [0.05, 0.1) is 7.11 Å². The van der Waals surface area contributed by atoms with Crippen LogP contribution in [0.15, 0.2) is 17.0 Å². The molecule has 0 saturated heterocycles. The number of nitrogens with zero attached hydrogens (tertiary/aromatic N) is 1. The Morgan fingerprint density at radius 1 is 1.32 bits per heavy atom. The Hall–Kier alpha value is -1.27. The van der Waals surface area contributed by atoms with Crippen LogP contribution in [0.2, 0.25) is 0 Å². The highest BCUT2D eigenvalue weighted by atomic mass is 32.2. The van der Waals surface area contributed by atoms with Gasteiger partial charge in [-0.2, -0.15) is 4.31 Å². The van der Waals surface area contributed by atoms with Gasteiger partial charge in [0.25, 0.3) is 0 Å². The summed E-state index contributed by atoms with van der Waals surface area (Å²) >= 11 is 0. The molecular weight excluding hydrogens is 264 g/mol. The van der Waals surface area contributed by atoms with Gasteiger partial charge in [0, 0.05) is 18.8 Å². The van der Waals surface area contributed by atoms with Gasteiger partial charge in [-0.15, -0.1) is 0 Å². The standard InChI is InChI=1S/C13H22N2O3S/c1-5-7-15(6-2)19(16,17)13-9-11(14)10(3)8-12(13)18-4/h8-9H,5-7,14H2,1-4H3. The Labute approximate surface area is 115 Å². The van der Waals surface area contributed by atoms with Gasteiger partial charge < -0.3 is 10.5 Å². The van der Waals surface area contributed by atoms with Gasteiger partial charge in [-0.1, -0.05) is 13.8 Å². The molecule has 6 heteroatoms. The highest BCUT2D eigenvalue weighted by Gasteiger charge is 2.26. The van der Waals surface area contributed by atoms with Gasteiger partial charge in [0.2, 0.25) is 10.0 Å². The zero-order valence-electron chi connectivity index (χ0n) is 11.9. The summed E-state index contributed by atoms with van der Waals surface area (Å²) in [7, 11) is -2.11. The molecule has 0 aliphatic rings. The average molecular weight is 286 g/mol. The van der Waals surface area contributed by atoms with Gasteiger partial charge in [-0.25, -0.2) is 8.42 Å². The van der Waals surface area contributed by atoms with E-state index in [1.807, 2.05) is 20.8 Å². The lowest BCUT2D eigenvalue weighted by Crippen LogP contribution is -2.32. The predicted octanol–water partition coefficient (Wildman–Crippen LogP) is 2.01. The molecule has 0 aliphatic heterocycles. The first-order chi connectivity index (χ1) is 8.88. The molecular formula is C13H22N2O3S. The number of aryl methyl sites for hydroxylation is 1.